The van der Waals surface area contributed by atoms with Gasteiger partial charge in [-0.1, -0.05) is 12.1 Å². The molecule has 0 amide bonds. The fraction of sp³-hybridized carbons (Fsp3) is 0.0556. The largest absolute Gasteiger partial charge is 0.503 e. The summed E-state index contributed by atoms with van der Waals surface area (Å²) in [5.41, 5.74) is -1.11. The zero-order valence-electron chi connectivity index (χ0n) is 13.5. The molecule has 0 unspecified atom stereocenters. The maximum atomic E-state index is 14.2. The highest BCUT2D eigenvalue weighted by Crippen LogP contribution is 2.32. The maximum Gasteiger partial charge on any atom is 0.235 e. The number of aromatic hydroxyl groups is 1. The third-order valence-corrected chi connectivity index (χ3v) is 4.06. The highest BCUT2D eigenvalue weighted by molar-refractivity contribution is 5.85. The third kappa shape index (κ3) is 2.26. The van der Waals surface area contributed by atoms with Crippen molar-refractivity contribution in [2.75, 3.05) is 0 Å². The SMILES string of the molecule is Cc1nn(-c2ccccn2)c2[nH]c(-c3c(F)cccc3F)c(O)c(=O)c12. The van der Waals surface area contributed by atoms with Crippen molar-refractivity contribution in [3.63, 3.8) is 0 Å². The first-order chi connectivity index (χ1) is 12.5. The summed E-state index contributed by atoms with van der Waals surface area (Å²) in [4.78, 5) is 19.5. The molecule has 0 spiro atoms. The molecular formula is C18H12F2N4O2. The second kappa shape index (κ2) is 5.76. The summed E-state index contributed by atoms with van der Waals surface area (Å²) in [6, 6.07) is 8.41. The van der Waals surface area contributed by atoms with Crippen LogP contribution in [0.2, 0.25) is 0 Å². The van der Waals surface area contributed by atoms with Crippen LogP contribution in [0.1, 0.15) is 5.69 Å². The van der Waals surface area contributed by atoms with Crippen LogP contribution in [-0.4, -0.2) is 24.9 Å². The van der Waals surface area contributed by atoms with Crippen LogP contribution in [0.25, 0.3) is 28.1 Å². The highest BCUT2D eigenvalue weighted by Gasteiger charge is 2.23. The highest BCUT2D eigenvalue weighted by atomic mass is 19.1. The topological polar surface area (TPSA) is 83.8 Å². The van der Waals surface area contributed by atoms with Crippen LogP contribution in [-0.2, 0) is 0 Å². The van der Waals surface area contributed by atoms with Crippen LogP contribution in [0.15, 0.2) is 47.4 Å². The average molecular weight is 354 g/mol. The molecule has 3 aromatic heterocycles. The molecule has 0 radical (unpaired) electrons. The lowest BCUT2D eigenvalue weighted by Gasteiger charge is -2.09. The van der Waals surface area contributed by atoms with Crippen molar-refractivity contribution in [3.05, 3.63) is 70.1 Å². The number of H-pyrrole nitrogens is 1. The maximum absolute atomic E-state index is 14.2. The summed E-state index contributed by atoms with van der Waals surface area (Å²) >= 11 is 0. The Morgan fingerprint density at radius 3 is 2.50 bits per heavy atom. The van der Waals surface area contributed by atoms with Crippen molar-refractivity contribution in [1.82, 2.24) is 19.7 Å². The summed E-state index contributed by atoms with van der Waals surface area (Å²) in [6.45, 7) is 1.60. The van der Waals surface area contributed by atoms with Gasteiger partial charge in [-0.25, -0.2) is 13.8 Å². The van der Waals surface area contributed by atoms with Gasteiger partial charge in [0.05, 0.1) is 22.3 Å². The molecule has 8 heteroatoms. The van der Waals surface area contributed by atoms with Crippen molar-refractivity contribution in [2.45, 2.75) is 6.92 Å². The number of halogens is 2. The van der Waals surface area contributed by atoms with Crippen molar-refractivity contribution < 1.29 is 13.9 Å². The summed E-state index contributed by atoms with van der Waals surface area (Å²) in [5.74, 6) is -2.18. The molecule has 4 aromatic rings. The Hall–Kier alpha value is -3.55. The zero-order valence-corrected chi connectivity index (χ0v) is 13.5. The predicted octanol–water partition coefficient (Wildman–Crippen LogP) is 3.07. The van der Waals surface area contributed by atoms with E-state index in [0.717, 1.165) is 12.1 Å². The molecule has 4 rings (SSSR count). The summed E-state index contributed by atoms with van der Waals surface area (Å²) in [5, 5.41) is 14.7. The standard InChI is InChI=1S/C18H12F2N4O2/c1-9-13-16(25)17(26)15(14-10(19)5-4-6-11(14)20)22-18(13)24(23-9)12-7-2-3-8-21-12/h2-8,26H,1H3,(H,22,25). The first-order valence-corrected chi connectivity index (χ1v) is 7.69. The first-order valence-electron chi connectivity index (χ1n) is 7.69. The van der Waals surface area contributed by atoms with Gasteiger partial charge in [-0.2, -0.15) is 9.78 Å². The molecular weight excluding hydrogens is 342 g/mol. The molecule has 0 saturated carbocycles. The summed E-state index contributed by atoms with van der Waals surface area (Å²) in [7, 11) is 0. The molecule has 0 aliphatic carbocycles. The lowest BCUT2D eigenvalue weighted by Crippen LogP contribution is -2.08. The van der Waals surface area contributed by atoms with E-state index in [4.69, 9.17) is 0 Å². The van der Waals surface area contributed by atoms with E-state index in [-0.39, 0.29) is 16.7 Å². The third-order valence-electron chi connectivity index (χ3n) is 4.06. The van der Waals surface area contributed by atoms with E-state index in [2.05, 4.69) is 15.1 Å². The Kier molecular flexibility index (Phi) is 3.54. The lowest BCUT2D eigenvalue weighted by molar-refractivity contribution is 0.469. The van der Waals surface area contributed by atoms with Gasteiger partial charge in [0.1, 0.15) is 17.3 Å². The number of hydrogen-bond donors (Lipinski definition) is 2. The number of aromatic amines is 1. The normalized spacial score (nSPS) is 11.2. The van der Waals surface area contributed by atoms with Crippen molar-refractivity contribution in [3.8, 4) is 22.8 Å². The van der Waals surface area contributed by atoms with Gasteiger partial charge in [0, 0.05) is 6.20 Å². The molecule has 0 atom stereocenters. The van der Waals surface area contributed by atoms with E-state index in [9.17, 15) is 18.7 Å². The molecule has 0 saturated heterocycles. The van der Waals surface area contributed by atoms with Gasteiger partial charge in [0.2, 0.25) is 5.43 Å². The summed E-state index contributed by atoms with van der Waals surface area (Å²) < 4.78 is 29.7. The molecule has 26 heavy (non-hydrogen) atoms. The Labute approximate surface area is 145 Å². The van der Waals surface area contributed by atoms with Crippen LogP contribution in [0, 0.1) is 18.6 Å². The van der Waals surface area contributed by atoms with E-state index in [0.29, 0.717) is 11.5 Å². The molecule has 1 aromatic carbocycles. The summed E-state index contributed by atoms with van der Waals surface area (Å²) in [6.07, 6.45) is 1.55. The number of pyridine rings is 2. The molecule has 0 bridgehead atoms. The number of aromatic nitrogens is 4. The van der Waals surface area contributed by atoms with Crippen LogP contribution in [0.4, 0.5) is 8.78 Å². The molecule has 130 valence electrons. The number of nitrogens with one attached hydrogen (secondary N) is 1. The average Bonchev–Trinajstić information content (AvgIpc) is 2.96. The van der Waals surface area contributed by atoms with E-state index in [1.165, 1.54) is 10.7 Å². The molecule has 0 aliphatic heterocycles. The van der Waals surface area contributed by atoms with E-state index in [1.54, 1.807) is 31.3 Å². The van der Waals surface area contributed by atoms with E-state index >= 15 is 0 Å². The monoisotopic (exact) mass is 354 g/mol. The van der Waals surface area contributed by atoms with Gasteiger partial charge in [0.15, 0.2) is 11.6 Å². The first kappa shape index (κ1) is 15.9. The molecule has 6 nitrogen and oxygen atoms in total. The minimum Gasteiger partial charge on any atom is -0.503 e. The van der Waals surface area contributed by atoms with Gasteiger partial charge in [0.25, 0.3) is 0 Å². The molecule has 2 N–H and O–H groups in total. The Bertz CT molecular complexity index is 1180. The molecule has 3 heterocycles. The van der Waals surface area contributed by atoms with Crippen molar-refractivity contribution >= 4 is 11.0 Å². The van der Waals surface area contributed by atoms with Crippen molar-refractivity contribution in [2.24, 2.45) is 0 Å². The second-order valence-electron chi connectivity index (χ2n) is 5.68. The van der Waals surface area contributed by atoms with Gasteiger partial charge in [-0.15, -0.1) is 0 Å². The number of rotatable bonds is 2. The number of hydrogen-bond acceptors (Lipinski definition) is 4. The Morgan fingerprint density at radius 1 is 1.12 bits per heavy atom. The van der Waals surface area contributed by atoms with Crippen LogP contribution in [0.3, 0.4) is 0 Å². The van der Waals surface area contributed by atoms with Gasteiger partial charge in [-0.3, -0.25) is 4.79 Å². The van der Waals surface area contributed by atoms with Crippen molar-refractivity contribution in [1.29, 1.82) is 0 Å². The number of fused-ring (bicyclic) bond motifs is 1. The van der Waals surface area contributed by atoms with Crippen LogP contribution in [0.5, 0.6) is 5.75 Å². The number of aryl methyl sites for hydroxylation is 1. The Morgan fingerprint density at radius 2 is 1.85 bits per heavy atom. The van der Waals surface area contributed by atoms with Gasteiger partial charge < -0.3 is 10.1 Å². The van der Waals surface area contributed by atoms with Gasteiger partial charge >= 0.3 is 0 Å². The van der Waals surface area contributed by atoms with Crippen LogP contribution >= 0.6 is 0 Å². The van der Waals surface area contributed by atoms with Crippen LogP contribution < -0.4 is 5.43 Å². The smallest absolute Gasteiger partial charge is 0.235 e. The van der Waals surface area contributed by atoms with E-state index in [1.807, 2.05) is 0 Å². The Balaban J connectivity index is 2.12. The number of nitrogens with zero attached hydrogens (tertiary/aromatic N) is 3. The molecule has 0 fully saturated rings. The van der Waals surface area contributed by atoms with Gasteiger partial charge in [-0.05, 0) is 31.2 Å². The fourth-order valence-corrected chi connectivity index (χ4v) is 2.89. The minimum absolute atomic E-state index is 0.119. The quantitative estimate of drug-likeness (QED) is 0.579. The second-order valence-corrected chi connectivity index (χ2v) is 5.68. The fourth-order valence-electron chi connectivity index (χ4n) is 2.89. The molecule has 0 aliphatic rings. The predicted molar refractivity (Wildman–Crippen MR) is 91.2 cm³/mol. The lowest BCUT2D eigenvalue weighted by atomic mass is 10.1. The van der Waals surface area contributed by atoms with E-state index < -0.39 is 28.4 Å². The minimum atomic E-state index is -0.907. The number of benzene rings is 1. The zero-order chi connectivity index (χ0) is 18.4.